The second-order valence-electron chi connectivity index (χ2n) is 4.98. The molecule has 2 N–H and O–H groups in total. The van der Waals surface area contributed by atoms with Gasteiger partial charge in [0.1, 0.15) is 0 Å². The summed E-state index contributed by atoms with van der Waals surface area (Å²) < 4.78 is 0. The van der Waals surface area contributed by atoms with Gasteiger partial charge in [-0.1, -0.05) is 32.0 Å². The second-order valence-corrected chi connectivity index (χ2v) is 4.98. The van der Waals surface area contributed by atoms with Crippen LogP contribution < -0.4 is 5.32 Å². The van der Waals surface area contributed by atoms with Crippen LogP contribution in [0.3, 0.4) is 0 Å². The van der Waals surface area contributed by atoms with Crippen LogP contribution in [0.15, 0.2) is 18.2 Å². The zero-order valence-electron chi connectivity index (χ0n) is 10.4. The molecular weight excluding hydrogens is 214 g/mol. The fourth-order valence-corrected chi connectivity index (χ4v) is 2.56. The molecule has 0 bridgehead atoms. The zero-order chi connectivity index (χ0) is 12.4. The molecule has 1 aromatic rings. The van der Waals surface area contributed by atoms with Gasteiger partial charge >= 0.3 is 5.97 Å². The Bertz CT molecular complexity index is 426. The first-order valence-electron chi connectivity index (χ1n) is 6.18. The number of benzene rings is 1. The van der Waals surface area contributed by atoms with E-state index in [-0.39, 0.29) is 12.3 Å². The van der Waals surface area contributed by atoms with Crippen molar-refractivity contribution >= 4 is 11.7 Å². The summed E-state index contributed by atoms with van der Waals surface area (Å²) in [7, 11) is 0. The lowest BCUT2D eigenvalue weighted by molar-refractivity contribution is -0.137. The number of nitrogens with one attached hydrogen (secondary N) is 1. The van der Waals surface area contributed by atoms with Crippen LogP contribution in [0.1, 0.15) is 49.7 Å². The predicted octanol–water partition coefficient (Wildman–Crippen LogP) is 3.18. The van der Waals surface area contributed by atoms with Gasteiger partial charge in [-0.3, -0.25) is 4.79 Å². The van der Waals surface area contributed by atoms with Crippen molar-refractivity contribution in [3.8, 4) is 0 Å². The van der Waals surface area contributed by atoms with E-state index < -0.39 is 5.97 Å². The van der Waals surface area contributed by atoms with Crippen LogP contribution in [0.4, 0.5) is 5.69 Å². The lowest BCUT2D eigenvalue weighted by Crippen LogP contribution is -2.20. The number of carbonyl (C=O) groups is 1. The molecule has 1 atom stereocenters. The van der Waals surface area contributed by atoms with Gasteiger partial charge in [-0.2, -0.15) is 0 Å². The third-order valence-electron chi connectivity index (χ3n) is 3.41. The lowest BCUT2D eigenvalue weighted by Gasteiger charge is -2.28. The van der Waals surface area contributed by atoms with Gasteiger partial charge in [0.15, 0.2) is 0 Å². The van der Waals surface area contributed by atoms with E-state index in [0.717, 1.165) is 13.0 Å². The van der Waals surface area contributed by atoms with Crippen molar-refractivity contribution in [2.45, 2.75) is 38.5 Å². The van der Waals surface area contributed by atoms with Crippen molar-refractivity contribution < 1.29 is 9.90 Å². The van der Waals surface area contributed by atoms with E-state index in [9.17, 15) is 4.79 Å². The number of aliphatic carboxylic acids is 1. The van der Waals surface area contributed by atoms with Crippen molar-refractivity contribution in [3.63, 3.8) is 0 Å². The van der Waals surface area contributed by atoms with Crippen LogP contribution in [-0.2, 0) is 4.79 Å². The summed E-state index contributed by atoms with van der Waals surface area (Å²) in [6.45, 7) is 5.20. The molecule has 0 fully saturated rings. The number of rotatable bonds is 3. The molecule has 3 nitrogen and oxygen atoms in total. The third kappa shape index (κ3) is 2.43. The maximum absolute atomic E-state index is 10.9. The average Bonchev–Trinajstić information content (AvgIpc) is 2.28. The quantitative estimate of drug-likeness (QED) is 0.843. The van der Waals surface area contributed by atoms with Gasteiger partial charge in [-0.05, 0) is 29.4 Å². The van der Waals surface area contributed by atoms with Crippen LogP contribution in [-0.4, -0.2) is 17.6 Å². The van der Waals surface area contributed by atoms with Crippen molar-refractivity contribution in [1.82, 2.24) is 0 Å². The van der Waals surface area contributed by atoms with E-state index in [4.69, 9.17) is 5.11 Å². The summed E-state index contributed by atoms with van der Waals surface area (Å²) in [4.78, 5) is 10.9. The lowest BCUT2D eigenvalue weighted by atomic mass is 9.85. The number of anilines is 1. The van der Waals surface area contributed by atoms with Crippen LogP contribution in [0.25, 0.3) is 0 Å². The number of para-hydroxylation sites is 1. The fraction of sp³-hybridized carbons (Fsp3) is 0.500. The molecule has 92 valence electrons. The molecule has 0 amide bonds. The first-order chi connectivity index (χ1) is 8.09. The molecule has 0 aromatic heterocycles. The highest BCUT2D eigenvalue weighted by Gasteiger charge is 2.24. The molecule has 1 aromatic carbocycles. The Morgan fingerprint density at radius 2 is 2.29 bits per heavy atom. The zero-order valence-corrected chi connectivity index (χ0v) is 10.4. The Morgan fingerprint density at radius 1 is 1.53 bits per heavy atom. The number of carboxylic acids is 1. The van der Waals surface area contributed by atoms with Gasteiger partial charge in [-0.25, -0.2) is 0 Å². The summed E-state index contributed by atoms with van der Waals surface area (Å²) in [5.41, 5.74) is 3.63. The summed E-state index contributed by atoms with van der Waals surface area (Å²) >= 11 is 0. The first-order valence-corrected chi connectivity index (χ1v) is 6.18. The Labute approximate surface area is 102 Å². The van der Waals surface area contributed by atoms with E-state index in [0.29, 0.717) is 5.92 Å². The molecule has 2 rings (SSSR count). The molecule has 0 radical (unpaired) electrons. The molecule has 1 unspecified atom stereocenters. The standard InChI is InChI=1S/C14H19NO2/c1-9(2)11-4-3-5-12-10(8-13(16)17)6-7-15-14(11)12/h3-5,9-10,15H,6-8H2,1-2H3,(H,16,17). The summed E-state index contributed by atoms with van der Waals surface area (Å²) in [5, 5.41) is 12.4. The molecule has 1 aliphatic rings. The highest BCUT2D eigenvalue weighted by Crippen LogP contribution is 2.38. The maximum atomic E-state index is 10.9. The fourth-order valence-electron chi connectivity index (χ4n) is 2.56. The Morgan fingerprint density at radius 3 is 2.94 bits per heavy atom. The molecule has 0 saturated heterocycles. The topological polar surface area (TPSA) is 49.3 Å². The van der Waals surface area contributed by atoms with Gasteiger partial charge in [0.05, 0.1) is 6.42 Å². The average molecular weight is 233 g/mol. The van der Waals surface area contributed by atoms with Gasteiger partial charge < -0.3 is 10.4 Å². The number of hydrogen-bond acceptors (Lipinski definition) is 2. The molecular formula is C14H19NO2. The smallest absolute Gasteiger partial charge is 0.303 e. The highest BCUT2D eigenvalue weighted by molar-refractivity contribution is 5.70. The normalized spacial score (nSPS) is 18.6. The van der Waals surface area contributed by atoms with Crippen molar-refractivity contribution in [2.24, 2.45) is 0 Å². The minimum atomic E-state index is -0.710. The molecule has 1 heterocycles. The Hall–Kier alpha value is -1.51. The first kappa shape index (κ1) is 12.0. The molecule has 1 aliphatic heterocycles. The summed E-state index contributed by atoms with van der Waals surface area (Å²) in [5.74, 6) is -0.0960. The summed E-state index contributed by atoms with van der Waals surface area (Å²) in [6, 6.07) is 6.22. The number of carboxylic acid groups (broad SMARTS) is 1. The van der Waals surface area contributed by atoms with Gasteiger partial charge in [-0.15, -0.1) is 0 Å². The van der Waals surface area contributed by atoms with Gasteiger partial charge in [0.2, 0.25) is 0 Å². The van der Waals surface area contributed by atoms with Crippen molar-refractivity contribution in [1.29, 1.82) is 0 Å². The second kappa shape index (κ2) is 4.78. The third-order valence-corrected chi connectivity index (χ3v) is 3.41. The van der Waals surface area contributed by atoms with E-state index in [2.05, 4.69) is 31.3 Å². The summed E-state index contributed by atoms with van der Waals surface area (Å²) in [6.07, 6.45) is 1.14. The number of hydrogen-bond donors (Lipinski definition) is 2. The number of fused-ring (bicyclic) bond motifs is 1. The Balaban J connectivity index is 2.38. The minimum Gasteiger partial charge on any atom is -0.481 e. The molecule has 17 heavy (non-hydrogen) atoms. The largest absolute Gasteiger partial charge is 0.481 e. The molecule has 0 saturated carbocycles. The van der Waals surface area contributed by atoms with Crippen LogP contribution in [0, 0.1) is 0 Å². The Kier molecular flexibility index (Phi) is 3.36. The molecule has 0 aliphatic carbocycles. The van der Waals surface area contributed by atoms with E-state index in [1.165, 1.54) is 16.8 Å². The van der Waals surface area contributed by atoms with E-state index >= 15 is 0 Å². The SMILES string of the molecule is CC(C)c1cccc2c1NCCC2CC(=O)O. The van der Waals surface area contributed by atoms with Gasteiger partial charge in [0.25, 0.3) is 0 Å². The van der Waals surface area contributed by atoms with Crippen LogP contribution >= 0.6 is 0 Å². The van der Waals surface area contributed by atoms with E-state index in [1.54, 1.807) is 0 Å². The van der Waals surface area contributed by atoms with Gasteiger partial charge in [0, 0.05) is 12.2 Å². The molecule has 0 spiro atoms. The van der Waals surface area contributed by atoms with Crippen molar-refractivity contribution in [3.05, 3.63) is 29.3 Å². The molecule has 3 heteroatoms. The minimum absolute atomic E-state index is 0.155. The maximum Gasteiger partial charge on any atom is 0.303 e. The van der Waals surface area contributed by atoms with Crippen LogP contribution in [0.5, 0.6) is 0 Å². The van der Waals surface area contributed by atoms with Crippen LogP contribution in [0.2, 0.25) is 0 Å². The predicted molar refractivity (Wildman–Crippen MR) is 68.6 cm³/mol. The van der Waals surface area contributed by atoms with Crippen molar-refractivity contribution in [2.75, 3.05) is 11.9 Å². The highest BCUT2D eigenvalue weighted by atomic mass is 16.4. The van der Waals surface area contributed by atoms with E-state index in [1.807, 2.05) is 6.07 Å². The monoisotopic (exact) mass is 233 g/mol.